The highest BCUT2D eigenvalue weighted by atomic mass is 35.5. The Morgan fingerprint density at radius 1 is 0.966 bits per heavy atom. The highest BCUT2D eigenvalue weighted by Gasteiger charge is 2.18. The number of halogens is 2. The van der Waals surface area contributed by atoms with Crippen molar-refractivity contribution in [3.63, 3.8) is 0 Å². The van der Waals surface area contributed by atoms with E-state index in [-0.39, 0.29) is 17.1 Å². The first kappa shape index (κ1) is 19.4. The van der Waals surface area contributed by atoms with Crippen LogP contribution in [0, 0.1) is 13.8 Å². The van der Waals surface area contributed by atoms with Crippen LogP contribution in [0.2, 0.25) is 10.0 Å². The van der Waals surface area contributed by atoms with E-state index in [1.54, 1.807) is 31.2 Å². The van der Waals surface area contributed by atoms with E-state index < -0.39 is 5.63 Å². The van der Waals surface area contributed by atoms with Crippen LogP contribution in [0.3, 0.4) is 0 Å². The van der Waals surface area contributed by atoms with Gasteiger partial charge in [-0.25, -0.2) is 4.79 Å². The number of fused-ring (bicyclic) bond motifs is 1. The summed E-state index contributed by atoms with van der Waals surface area (Å²) in [5, 5.41) is 11.9. The molecule has 0 aliphatic carbocycles. The minimum atomic E-state index is -0.603. The fourth-order valence-corrected chi connectivity index (χ4v) is 3.30. The zero-order valence-electron chi connectivity index (χ0n) is 15.6. The van der Waals surface area contributed by atoms with Crippen molar-refractivity contribution in [2.45, 2.75) is 20.5 Å². The van der Waals surface area contributed by atoms with Crippen LogP contribution >= 0.6 is 23.2 Å². The Hall–Kier alpha value is -2.89. The van der Waals surface area contributed by atoms with Gasteiger partial charge in [-0.15, -0.1) is 0 Å². The van der Waals surface area contributed by atoms with Crippen molar-refractivity contribution in [1.29, 1.82) is 0 Å². The molecule has 0 fully saturated rings. The van der Waals surface area contributed by atoms with Gasteiger partial charge in [0, 0.05) is 17.0 Å². The minimum absolute atomic E-state index is 0.0950. The second-order valence-electron chi connectivity index (χ2n) is 6.66. The lowest BCUT2D eigenvalue weighted by molar-refractivity contribution is 0.306. The van der Waals surface area contributed by atoms with Crippen molar-refractivity contribution in [1.82, 2.24) is 0 Å². The summed E-state index contributed by atoms with van der Waals surface area (Å²) in [6.45, 7) is 3.49. The molecule has 0 aliphatic rings. The topological polar surface area (TPSA) is 72.8 Å². The SMILES string of the molecule is Cc1c(-c2cc3ccc(OCc4ccc(Cl)c(Cl)c4)cc3o2)oc(=O)c(C)c1O. The van der Waals surface area contributed by atoms with Gasteiger partial charge >= 0.3 is 5.63 Å². The lowest BCUT2D eigenvalue weighted by Gasteiger charge is -2.07. The van der Waals surface area contributed by atoms with Gasteiger partial charge < -0.3 is 18.7 Å². The summed E-state index contributed by atoms with van der Waals surface area (Å²) in [5.41, 5.74) is 1.45. The number of hydrogen-bond acceptors (Lipinski definition) is 5. The molecule has 0 radical (unpaired) electrons. The second-order valence-corrected chi connectivity index (χ2v) is 7.48. The van der Waals surface area contributed by atoms with E-state index in [4.69, 9.17) is 36.8 Å². The van der Waals surface area contributed by atoms with Crippen molar-refractivity contribution < 1.29 is 18.7 Å². The largest absolute Gasteiger partial charge is 0.507 e. The number of ether oxygens (including phenoxy) is 1. The molecule has 0 spiro atoms. The fraction of sp³-hybridized carbons (Fsp3) is 0.136. The Labute approximate surface area is 176 Å². The first-order valence-corrected chi connectivity index (χ1v) is 9.53. The van der Waals surface area contributed by atoms with E-state index in [1.807, 2.05) is 18.2 Å². The van der Waals surface area contributed by atoms with Crippen molar-refractivity contribution in [2.75, 3.05) is 0 Å². The fourth-order valence-electron chi connectivity index (χ4n) is 2.98. The van der Waals surface area contributed by atoms with Gasteiger partial charge in [-0.05, 0) is 49.7 Å². The molecule has 7 heteroatoms. The Kier molecular flexibility index (Phi) is 5.03. The molecule has 0 bridgehead atoms. The van der Waals surface area contributed by atoms with Crippen LogP contribution in [0.15, 0.2) is 56.1 Å². The standard InChI is InChI=1S/C22H16Cl2O5/c1-11-20(25)12(2)22(26)29-21(11)19-8-14-4-5-15(9-18(14)28-19)27-10-13-3-6-16(23)17(24)7-13/h3-9,25H,10H2,1-2H3. The molecule has 0 atom stereocenters. The molecule has 0 saturated heterocycles. The Bertz CT molecular complexity index is 1290. The maximum Gasteiger partial charge on any atom is 0.343 e. The third-order valence-electron chi connectivity index (χ3n) is 4.66. The molecule has 0 amide bonds. The quantitative estimate of drug-likeness (QED) is 0.413. The van der Waals surface area contributed by atoms with Gasteiger partial charge in [0.25, 0.3) is 0 Å². The lowest BCUT2D eigenvalue weighted by Crippen LogP contribution is -2.05. The van der Waals surface area contributed by atoms with E-state index in [0.29, 0.717) is 39.3 Å². The molecular weight excluding hydrogens is 415 g/mol. The van der Waals surface area contributed by atoms with E-state index >= 15 is 0 Å². The van der Waals surface area contributed by atoms with E-state index in [9.17, 15) is 9.90 Å². The molecule has 2 aromatic heterocycles. The molecular formula is C22H16Cl2O5. The van der Waals surface area contributed by atoms with Gasteiger partial charge in [0.1, 0.15) is 23.7 Å². The molecule has 0 saturated carbocycles. The summed E-state index contributed by atoms with van der Waals surface area (Å²) >= 11 is 12.0. The zero-order valence-corrected chi connectivity index (χ0v) is 17.1. The molecule has 0 unspecified atom stereocenters. The normalized spacial score (nSPS) is 11.2. The van der Waals surface area contributed by atoms with Crippen LogP contribution in [0.4, 0.5) is 0 Å². The lowest BCUT2D eigenvalue weighted by atomic mass is 10.1. The van der Waals surface area contributed by atoms with Crippen molar-refractivity contribution in [2.24, 2.45) is 0 Å². The van der Waals surface area contributed by atoms with Crippen molar-refractivity contribution in [3.05, 3.63) is 79.6 Å². The van der Waals surface area contributed by atoms with Gasteiger partial charge in [0.2, 0.25) is 0 Å². The molecule has 4 rings (SSSR count). The average molecular weight is 431 g/mol. The smallest absolute Gasteiger partial charge is 0.343 e. The Balaban J connectivity index is 1.63. The van der Waals surface area contributed by atoms with E-state index in [0.717, 1.165) is 10.9 Å². The third kappa shape index (κ3) is 3.71. The average Bonchev–Trinajstić information content (AvgIpc) is 3.13. The number of furan rings is 1. The summed E-state index contributed by atoms with van der Waals surface area (Å²) < 4.78 is 17.0. The summed E-state index contributed by atoms with van der Waals surface area (Å²) in [6, 6.07) is 12.5. The predicted molar refractivity (Wildman–Crippen MR) is 112 cm³/mol. The van der Waals surface area contributed by atoms with Gasteiger partial charge in [-0.2, -0.15) is 0 Å². The van der Waals surface area contributed by atoms with E-state index in [2.05, 4.69) is 0 Å². The van der Waals surface area contributed by atoms with Gasteiger partial charge in [0.15, 0.2) is 11.5 Å². The Morgan fingerprint density at radius 3 is 2.52 bits per heavy atom. The summed E-state index contributed by atoms with van der Waals surface area (Å²) in [5.74, 6) is 1.07. The van der Waals surface area contributed by atoms with Crippen LogP contribution in [0.1, 0.15) is 16.7 Å². The van der Waals surface area contributed by atoms with Gasteiger partial charge in [-0.1, -0.05) is 29.3 Å². The third-order valence-corrected chi connectivity index (χ3v) is 5.40. The van der Waals surface area contributed by atoms with Crippen LogP contribution < -0.4 is 10.4 Å². The molecule has 4 aromatic rings. The minimum Gasteiger partial charge on any atom is -0.507 e. The number of benzene rings is 2. The second kappa shape index (κ2) is 7.50. The monoisotopic (exact) mass is 430 g/mol. The van der Waals surface area contributed by atoms with Crippen molar-refractivity contribution in [3.8, 4) is 23.0 Å². The molecule has 29 heavy (non-hydrogen) atoms. The molecule has 148 valence electrons. The maximum absolute atomic E-state index is 11.9. The highest BCUT2D eigenvalue weighted by molar-refractivity contribution is 6.42. The first-order chi connectivity index (χ1) is 13.8. The van der Waals surface area contributed by atoms with Crippen molar-refractivity contribution >= 4 is 34.2 Å². The number of rotatable bonds is 4. The van der Waals surface area contributed by atoms with E-state index in [1.165, 1.54) is 6.92 Å². The predicted octanol–water partition coefficient (Wildman–Crippen LogP) is 6.26. The molecule has 5 nitrogen and oxygen atoms in total. The summed E-state index contributed by atoms with van der Waals surface area (Å²) in [6.07, 6.45) is 0. The van der Waals surface area contributed by atoms with Crippen LogP contribution in [-0.2, 0) is 6.61 Å². The first-order valence-electron chi connectivity index (χ1n) is 8.77. The van der Waals surface area contributed by atoms with Gasteiger partial charge in [0.05, 0.1) is 15.6 Å². The summed E-state index contributed by atoms with van der Waals surface area (Å²) in [7, 11) is 0. The van der Waals surface area contributed by atoms with Crippen LogP contribution in [-0.4, -0.2) is 5.11 Å². The van der Waals surface area contributed by atoms with Crippen LogP contribution in [0.25, 0.3) is 22.5 Å². The number of aromatic hydroxyl groups is 1. The number of hydrogen-bond donors (Lipinski definition) is 1. The molecule has 2 heterocycles. The summed E-state index contributed by atoms with van der Waals surface area (Å²) in [4.78, 5) is 11.9. The zero-order chi connectivity index (χ0) is 20.7. The highest BCUT2D eigenvalue weighted by Crippen LogP contribution is 2.34. The molecule has 1 N–H and O–H groups in total. The maximum atomic E-state index is 11.9. The molecule has 0 aliphatic heterocycles. The molecule has 2 aromatic carbocycles. The Morgan fingerprint density at radius 2 is 1.76 bits per heavy atom. The van der Waals surface area contributed by atoms with Crippen LogP contribution in [0.5, 0.6) is 11.5 Å². The van der Waals surface area contributed by atoms with Gasteiger partial charge in [-0.3, -0.25) is 0 Å².